The monoisotopic (exact) mass is 495 g/mol. The van der Waals surface area contributed by atoms with Crippen LogP contribution in [0.4, 0.5) is 4.39 Å². The maximum absolute atomic E-state index is 13.3. The quantitative estimate of drug-likeness (QED) is 0.272. The highest BCUT2D eigenvalue weighted by Gasteiger charge is 2.32. The number of carbonyl (C=O) groups excluding carboxylic acids is 1. The number of hydrogen-bond donors (Lipinski definition) is 1. The second-order valence-corrected chi connectivity index (χ2v) is 9.92. The first-order valence-corrected chi connectivity index (χ1v) is 12.7. The number of nitrogens with one attached hydrogen (secondary N) is 1. The number of thiophene rings is 1. The second kappa shape index (κ2) is 9.60. The van der Waals surface area contributed by atoms with Crippen molar-refractivity contribution in [3.63, 3.8) is 0 Å². The van der Waals surface area contributed by atoms with Crippen molar-refractivity contribution >= 4 is 39.2 Å². The Bertz CT molecular complexity index is 1380. The smallest absolute Gasteiger partial charge is 0.260 e. The lowest BCUT2D eigenvalue weighted by molar-refractivity contribution is -0.129. The van der Waals surface area contributed by atoms with Crippen LogP contribution < -0.4 is 10.3 Å². The van der Waals surface area contributed by atoms with Crippen molar-refractivity contribution < 1.29 is 13.9 Å². The van der Waals surface area contributed by atoms with E-state index in [1.54, 1.807) is 19.2 Å². The number of thioether (sulfide) groups is 1. The molecule has 1 aliphatic rings. The molecule has 1 saturated carbocycles. The van der Waals surface area contributed by atoms with Crippen LogP contribution in [0.25, 0.3) is 21.3 Å². The predicted molar refractivity (Wildman–Crippen MR) is 133 cm³/mol. The van der Waals surface area contributed by atoms with Crippen LogP contribution in [-0.2, 0) is 11.3 Å². The minimum Gasteiger partial charge on any atom is -0.497 e. The number of rotatable bonds is 8. The third-order valence-corrected chi connectivity index (χ3v) is 7.46. The third-order valence-electron chi connectivity index (χ3n) is 5.73. The molecule has 0 bridgehead atoms. The first-order chi connectivity index (χ1) is 16.5. The number of benzene rings is 2. The zero-order chi connectivity index (χ0) is 23.7. The Hall–Kier alpha value is -3.17. The molecule has 0 unspecified atom stereocenters. The summed E-state index contributed by atoms with van der Waals surface area (Å²) in [6, 6.07) is 14.0. The van der Waals surface area contributed by atoms with Crippen molar-refractivity contribution in [3.8, 4) is 16.9 Å². The summed E-state index contributed by atoms with van der Waals surface area (Å²) in [7, 11) is 1.63. The molecule has 174 valence electrons. The van der Waals surface area contributed by atoms with Gasteiger partial charge in [0.25, 0.3) is 5.56 Å². The van der Waals surface area contributed by atoms with Crippen molar-refractivity contribution in [2.75, 3.05) is 12.9 Å². The summed E-state index contributed by atoms with van der Waals surface area (Å²) in [5.41, 5.74) is 2.26. The maximum Gasteiger partial charge on any atom is 0.260 e. The zero-order valence-electron chi connectivity index (χ0n) is 18.4. The summed E-state index contributed by atoms with van der Waals surface area (Å²) in [6.45, 7) is 0.545. The molecule has 2 aromatic carbocycles. The minimum absolute atomic E-state index is 0.0178. The molecule has 34 heavy (non-hydrogen) atoms. The topological polar surface area (TPSA) is 75.3 Å². The van der Waals surface area contributed by atoms with Crippen LogP contribution in [0, 0.1) is 5.82 Å². The van der Waals surface area contributed by atoms with Crippen molar-refractivity contribution in [2.24, 2.45) is 0 Å². The van der Waals surface area contributed by atoms with E-state index in [1.807, 2.05) is 34.5 Å². The highest BCUT2D eigenvalue weighted by atomic mass is 32.2. The Labute approximate surface area is 203 Å². The Morgan fingerprint density at radius 3 is 2.62 bits per heavy atom. The fraction of sp³-hybridized carbons (Fsp3) is 0.240. The summed E-state index contributed by atoms with van der Waals surface area (Å²) < 4.78 is 18.5. The number of methoxy groups -OCH3 is 1. The fourth-order valence-electron chi connectivity index (χ4n) is 3.79. The van der Waals surface area contributed by atoms with Crippen LogP contribution in [0.2, 0.25) is 0 Å². The van der Waals surface area contributed by atoms with E-state index >= 15 is 0 Å². The van der Waals surface area contributed by atoms with Crippen LogP contribution in [-0.4, -0.2) is 39.7 Å². The van der Waals surface area contributed by atoms with Gasteiger partial charge in [0.05, 0.1) is 18.2 Å². The molecule has 0 atom stereocenters. The van der Waals surface area contributed by atoms with E-state index in [-0.39, 0.29) is 29.1 Å². The van der Waals surface area contributed by atoms with Crippen molar-refractivity contribution in [3.05, 3.63) is 75.6 Å². The van der Waals surface area contributed by atoms with E-state index in [1.165, 1.54) is 35.2 Å². The van der Waals surface area contributed by atoms with Gasteiger partial charge in [0.15, 0.2) is 5.16 Å². The standard InChI is InChI=1S/C25H22FN3O3S2/c1-32-19-10-2-15(3-11-19)12-29(18-8-9-18)21(30)14-34-25-27-23(31)22-20(13-33-24(22)28-25)16-4-6-17(26)7-5-16/h2-7,10-11,13,18H,8-9,12,14H2,1H3,(H,27,28,31). The number of H-pyrrole nitrogens is 1. The van der Waals surface area contributed by atoms with Gasteiger partial charge in [-0.3, -0.25) is 9.59 Å². The number of halogens is 1. The van der Waals surface area contributed by atoms with E-state index in [4.69, 9.17) is 4.74 Å². The Kier molecular flexibility index (Phi) is 6.38. The Balaban J connectivity index is 1.30. The molecule has 1 aliphatic carbocycles. The highest BCUT2D eigenvalue weighted by molar-refractivity contribution is 7.99. The number of fused-ring (bicyclic) bond motifs is 1. The third kappa shape index (κ3) is 4.85. The normalized spacial score (nSPS) is 13.2. The van der Waals surface area contributed by atoms with Gasteiger partial charge < -0.3 is 14.6 Å². The molecule has 0 spiro atoms. The van der Waals surface area contributed by atoms with Crippen LogP contribution in [0.5, 0.6) is 5.75 Å². The van der Waals surface area contributed by atoms with Crippen molar-refractivity contribution in [1.82, 2.24) is 14.9 Å². The van der Waals surface area contributed by atoms with Crippen LogP contribution >= 0.6 is 23.1 Å². The van der Waals surface area contributed by atoms with Gasteiger partial charge in [0.2, 0.25) is 5.91 Å². The van der Waals surface area contributed by atoms with Crippen molar-refractivity contribution in [2.45, 2.75) is 30.6 Å². The SMILES string of the molecule is COc1ccc(CN(C(=O)CSc2nc3scc(-c4ccc(F)cc4)c3c(=O)[nH]2)C2CC2)cc1. The van der Waals surface area contributed by atoms with Crippen LogP contribution in [0.15, 0.2) is 63.9 Å². The molecule has 6 nitrogen and oxygen atoms in total. The van der Waals surface area contributed by atoms with Gasteiger partial charge >= 0.3 is 0 Å². The molecule has 2 heterocycles. The first-order valence-electron chi connectivity index (χ1n) is 10.8. The van der Waals surface area contributed by atoms with Crippen molar-refractivity contribution in [1.29, 1.82) is 0 Å². The fourth-order valence-corrected chi connectivity index (χ4v) is 5.54. The van der Waals surface area contributed by atoms with E-state index < -0.39 is 0 Å². The largest absolute Gasteiger partial charge is 0.497 e. The molecular weight excluding hydrogens is 473 g/mol. The molecule has 1 amide bonds. The number of aromatic amines is 1. The molecule has 0 radical (unpaired) electrons. The summed E-state index contributed by atoms with van der Waals surface area (Å²) in [5.74, 6) is 0.664. The summed E-state index contributed by atoms with van der Waals surface area (Å²) in [5, 5.41) is 2.74. The lowest BCUT2D eigenvalue weighted by atomic mass is 10.1. The number of carbonyl (C=O) groups is 1. The lowest BCUT2D eigenvalue weighted by Crippen LogP contribution is -2.34. The molecule has 1 fully saturated rings. The van der Waals surface area contributed by atoms with Gasteiger partial charge in [-0.15, -0.1) is 11.3 Å². The average Bonchev–Trinajstić information content (AvgIpc) is 3.60. The first kappa shape index (κ1) is 22.6. The molecular formula is C25H22FN3O3S2. The number of hydrogen-bond acceptors (Lipinski definition) is 6. The van der Waals surface area contributed by atoms with Gasteiger partial charge in [-0.2, -0.15) is 0 Å². The van der Waals surface area contributed by atoms with E-state index in [2.05, 4.69) is 9.97 Å². The molecule has 1 N–H and O–H groups in total. The van der Waals surface area contributed by atoms with E-state index in [9.17, 15) is 14.0 Å². The molecule has 9 heteroatoms. The number of nitrogens with zero attached hydrogens (tertiary/aromatic N) is 2. The molecule has 0 saturated heterocycles. The Morgan fingerprint density at radius 2 is 1.94 bits per heavy atom. The summed E-state index contributed by atoms with van der Waals surface area (Å²) >= 11 is 2.59. The van der Waals surface area contributed by atoms with Gasteiger partial charge in [-0.1, -0.05) is 36.0 Å². The summed E-state index contributed by atoms with van der Waals surface area (Å²) in [6.07, 6.45) is 2.02. The summed E-state index contributed by atoms with van der Waals surface area (Å²) in [4.78, 5) is 35.7. The molecule has 0 aliphatic heterocycles. The Morgan fingerprint density at radius 1 is 1.21 bits per heavy atom. The van der Waals surface area contributed by atoms with Gasteiger partial charge in [-0.05, 0) is 48.2 Å². The molecule has 2 aromatic heterocycles. The highest BCUT2D eigenvalue weighted by Crippen LogP contribution is 2.32. The zero-order valence-corrected chi connectivity index (χ0v) is 20.0. The van der Waals surface area contributed by atoms with Gasteiger partial charge in [0.1, 0.15) is 16.4 Å². The molecule has 5 rings (SSSR count). The van der Waals surface area contributed by atoms with Gasteiger partial charge in [0, 0.05) is 23.5 Å². The predicted octanol–water partition coefficient (Wildman–Crippen LogP) is 5.08. The second-order valence-electron chi connectivity index (χ2n) is 8.10. The van der Waals surface area contributed by atoms with E-state index in [0.29, 0.717) is 21.9 Å². The van der Waals surface area contributed by atoms with Crippen LogP contribution in [0.3, 0.4) is 0 Å². The lowest BCUT2D eigenvalue weighted by Gasteiger charge is -2.22. The number of ether oxygens (including phenoxy) is 1. The number of amides is 1. The molecule has 4 aromatic rings. The maximum atomic E-state index is 13.3. The number of aromatic nitrogens is 2. The van der Waals surface area contributed by atoms with Crippen LogP contribution in [0.1, 0.15) is 18.4 Å². The average molecular weight is 496 g/mol. The van der Waals surface area contributed by atoms with Gasteiger partial charge in [-0.25, -0.2) is 9.37 Å². The minimum atomic E-state index is -0.328. The van der Waals surface area contributed by atoms with E-state index in [0.717, 1.165) is 35.3 Å².